The van der Waals surface area contributed by atoms with Crippen LogP contribution in [0.25, 0.3) is 0 Å². The van der Waals surface area contributed by atoms with Crippen molar-refractivity contribution in [1.29, 1.82) is 5.26 Å². The van der Waals surface area contributed by atoms with Crippen molar-refractivity contribution in [2.75, 3.05) is 6.54 Å². The lowest BCUT2D eigenvalue weighted by molar-refractivity contribution is -0.166. The zero-order valence-electron chi connectivity index (χ0n) is 24.3. The highest BCUT2D eigenvalue weighted by atomic mass is 16.6. The maximum atomic E-state index is 13.3. The van der Waals surface area contributed by atoms with Crippen LogP contribution in [0.2, 0.25) is 0 Å². The molecule has 0 spiro atoms. The average Bonchev–Trinajstić information content (AvgIpc) is 2.88. The summed E-state index contributed by atoms with van der Waals surface area (Å²) in [5.74, 6) is 0.408. The molecule has 0 aromatic heterocycles. The predicted octanol–water partition coefficient (Wildman–Crippen LogP) is 7.71. The summed E-state index contributed by atoms with van der Waals surface area (Å²) in [6.45, 7) is 16.0. The number of carbonyl (C=O) groups is 2. The Balaban J connectivity index is 1.61. The van der Waals surface area contributed by atoms with E-state index < -0.39 is 6.09 Å². The first-order chi connectivity index (χ1) is 17.8. The fraction of sp³-hybridized carbons (Fsp3) is 0.667. The minimum absolute atomic E-state index is 0.00599. The molecule has 5 nitrogen and oxygen atoms in total. The SMILES string of the molecule is CCNC(=O)OC1=C(C)C2=CC=C3[C@@](C)(CC[C@@]4(CC)[C@@H]5C[C@](C)(C#N)CC[C@]5(C)CC[C@]34C)C2=CC1=O. The minimum atomic E-state index is -0.592. The molecule has 0 aromatic carbocycles. The van der Waals surface area contributed by atoms with Crippen molar-refractivity contribution in [1.82, 2.24) is 5.32 Å². The number of allylic oxidation sites excluding steroid dienone is 7. The number of nitrogens with zero attached hydrogens (tertiary/aromatic N) is 1. The van der Waals surface area contributed by atoms with Gasteiger partial charge in [0, 0.05) is 17.5 Å². The number of nitrogens with one attached hydrogen (secondary N) is 1. The Morgan fingerprint density at radius 3 is 2.45 bits per heavy atom. The number of ketones is 1. The van der Waals surface area contributed by atoms with Gasteiger partial charge in [0.05, 0.1) is 11.5 Å². The molecule has 0 bridgehead atoms. The lowest BCUT2D eigenvalue weighted by Crippen LogP contribution is -2.62. The molecule has 5 rings (SSSR count). The van der Waals surface area contributed by atoms with Gasteiger partial charge in [-0.3, -0.25) is 4.79 Å². The van der Waals surface area contributed by atoms with Gasteiger partial charge >= 0.3 is 6.09 Å². The summed E-state index contributed by atoms with van der Waals surface area (Å²) in [4.78, 5) is 25.5. The van der Waals surface area contributed by atoms with Crippen LogP contribution in [0.5, 0.6) is 0 Å². The number of ether oxygens (including phenoxy) is 1. The molecule has 6 atom stereocenters. The molecule has 0 radical (unpaired) electrons. The second kappa shape index (κ2) is 8.70. The zero-order valence-corrected chi connectivity index (χ0v) is 24.3. The molecule has 0 aliphatic heterocycles. The highest BCUT2D eigenvalue weighted by Crippen LogP contribution is 2.76. The van der Waals surface area contributed by atoms with Gasteiger partial charge < -0.3 is 10.1 Å². The quantitative estimate of drug-likeness (QED) is 0.416. The van der Waals surface area contributed by atoms with Crippen molar-refractivity contribution >= 4 is 11.9 Å². The third-order valence-corrected chi connectivity index (χ3v) is 11.9. The zero-order chi connectivity index (χ0) is 27.7. The topological polar surface area (TPSA) is 79.2 Å². The second-order valence-electron chi connectivity index (χ2n) is 13.7. The molecule has 1 amide bonds. The Bertz CT molecular complexity index is 1260. The normalized spacial score (nSPS) is 41.8. The molecule has 0 saturated heterocycles. The first-order valence-corrected chi connectivity index (χ1v) is 14.6. The van der Waals surface area contributed by atoms with Crippen LogP contribution >= 0.6 is 0 Å². The van der Waals surface area contributed by atoms with E-state index >= 15 is 0 Å². The standard InChI is InChI=1S/C33H44N2O3/c1-8-33-17-15-31(6)23-18-24(36)27(38-28(37)35-9-2)21(3)22(23)10-11-25(31)32(33,7)16-14-30(5)13-12-29(4,20-34)19-26(30)33/h10-11,18,26H,8-9,12-17,19H2,1-7H3,(H,35,37)/t26-,29-,30-,31+,32-,33+/m1/s1. The summed E-state index contributed by atoms with van der Waals surface area (Å²) >= 11 is 0. The van der Waals surface area contributed by atoms with Crippen LogP contribution in [0.4, 0.5) is 4.79 Å². The van der Waals surface area contributed by atoms with Gasteiger partial charge in [-0.25, -0.2) is 4.79 Å². The van der Waals surface area contributed by atoms with Crippen molar-refractivity contribution in [3.8, 4) is 6.07 Å². The maximum absolute atomic E-state index is 13.3. The first-order valence-electron chi connectivity index (χ1n) is 14.6. The molecule has 1 N–H and O–H groups in total. The lowest BCUT2D eigenvalue weighted by Gasteiger charge is -2.70. The summed E-state index contributed by atoms with van der Waals surface area (Å²) in [6, 6.07) is 2.70. The van der Waals surface area contributed by atoms with Crippen LogP contribution in [0.15, 0.2) is 46.3 Å². The maximum Gasteiger partial charge on any atom is 0.412 e. The fourth-order valence-corrected chi connectivity index (χ4v) is 9.52. The van der Waals surface area contributed by atoms with Crippen molar-refractivity contribution in [2.45, 2.75) is 99.8 Å². The summed E-state index contributed by atoms with van der Waals surface area (Å²) in [6.07, 6.45) is 14.3. The van der Waals surface area contributed by atoms with Crippen LogP contribution in [-0.4, -0.2) is 18.4 Å². The third-order valence-electron chi connectivity index (χ3n) is 11.9. The van der Waals surface area contributed by atoms with E-state index in [9.17, 15) is 14.9 Å². The van der Waals surface area contributed by atoms with Crippen LogP contribution in [0, 0.1) is 44.3 Å². The number of nitriles is 1. The third kappa shape index (κ3) is 3.48. The monoisotopic (exact) mass is 516 g/mol. The van der Waals surface area contributed by atoms with Gasteiger partial charge in [-0.2, -0.15) is 5.26 Å². The summed E-state index contributed by atoms with van der Waals surface area (Å²) in [5.41, 5.74) is 4.19. The lowest BCUT2D eigenvalue weighted by atomic mass is 9.33. The van der Waals surface area contributed by atoms with E-state index in [2.05, 4.69) is 58.2 Å². The Kier molecular flexibility index (Phi) is 6.18. The number of alkyl carbamates (subject to hydrolysis) is 1. The molecule has 5 aliphatic rings. The van der Waals surface area contributed by atoms with Crippen molar-refractivity contribution in [3.63, 3.8) is 0 Å². The van der Waals surface area contributed by atoms with Gasteiger partial charge in [-0.15, -0.1) is 0 Å². The molecule has 5 heteroatoms. The van der Waals surface area contributed by atoms with Crippen LogP contribution < -0.4 is 5.32 Å². The fourth-order valence-electron chi connectivity index (χ4n) is 9.52. The number of amides is 1. The summed E-state index contributed by atoms with van der Waals surface area (Å²) in [5, 5.41) is 12.7. The average molecular weight is 517 g/mol. The van der Waals surface area contributed by atoms with Gasteiger partial charge in [0.1, 0.15) is 0 Å². The molecule has 5 aliphatic carbocycles. The molecule has 38 heavy (non-hydrogen) atoms. The Hall–Kier alpha value is -2.61. The number of fused-ring (bicyclic) bond motifs is 7. The van der Waals surface area contributed by atoms with E-state index in [1.54, 1.807) is 6.08 Å². The first kappa shape index (κ1) is 27.0. The van der Waals surface area contributed by atoms with Gasteiger partial charge in [-0.1, -0.05) is 45.4 Å². The molecule has 0 aromatic rings. The molecule has 204 valence electrons. The molecule has 0 heterocycles. The highest BCUT2D eigenvalue weighted by Gasteiger charge is 2.67. The smallest absolute Gasteiger partial charge is 0.406 e. The largest absolute Gasteiger partial charge is 0.412 e. The van der Waals surface area contributed by atoms with Crippen LogP contribution in [0.1, 0.15) is 99.8 Å². The number of hydrogen-bond donors (Lipinski definition) is 1. The van der Waals surface area contributed by atoms with Gasteiger partial charge in [0.2, 0.25) is 5.78 Å². The molecular formula is C33H44N2O3. The van der Waals surface area contributed by atoms with E-state index in [1.807, 2.05) is 13.8 Å². The van der Waals surface area contributed by atoms with E-state index in [-0.39, 0.29) is 38.6 Å². The van der Waals surface area contributed by atoms with E-state index in [0.29, 0.717) is 12.5 Å². The van der Waals surface area contributed by atoms with Crippen molar-refractivity contribution in [3.05, 3.63) is 46.3 Å². The van der Waals surface area contributed by atoms with E-state index in [1.165, 1.54) is 12.0 Å². The molecule has 0 unspecified atom stereocenters. The Morgan fingerprint density at radius 1 is 1.08 bits per heavy atom. The summed E-state index contributed by atoms with van der Waals surface area (Å²) < 4.78 is 5.46. The predicted molar refractivity (Wildman–Crippen MR) is 149 cm³/mol. The molecular weight excluding hydrogens is 472 g/mol. The van der Waals surface area contributed by atoms with Crippen LogP contribution in [-0.2, 0) is 9.53 Å². The van der Waals surface area contributed by atoms with Crippen LogP contribution in [0.3, 0.4) is 0 Å². The minimum Gasteiger partial charge on any atom is -0.406 e. The van der Waals surface area contributed by atoms with Gasteiger partial charge in [0.15, 0.2) is 5.76 Å². The number of rotatable bonds is 3. The number of carbonyl (C=O) groups excluding carboxylic acids is 2. The molecule has 3 saturated carbocycles. The number of hydrogen-bond acceptors (Lipinski definition) is 4. The molecule has 3 fully saturated rings. The second-order valence-corrected chi connectivity index (χ2v) is 13.7. The van der Waals surface area contributed by atoms with E-state index in [4.69, 9.17) is 4.74 Å². The Labute approximate surface area is 228 Å². The van der Waals surface area contributed by atoms with E-state index in [0.717, 1.165) is 61.7 Å². The van der Waals surface area contributed by atoms with Crippen molar-refractivity contribution < 1.29 is 14.3 Å². The summed E-state index contributed by atoms with van der Waals surface area (Å²) in [7, 11) is 0. The van der Waals surface area contributed by atoms with Crippen molar-refractivity contribution in [2.24, 2.45) is 33.0 Å². The van der Waals surface area contributed by atoms with Gasteiger partial charge in [-0.05, 0) is 112 Å². The van der Waals surface area contributed by atoms with Gasteiger partial charge in [0.25, 0.3) is 0 Å². The highest BCUT2D eigenvalue weighted by molar-refractivity contribution is 6.08. The Morgan fingerprint density at radius 2 is 1.79 bits per heavy atom.